The summed E-state index contributed by atoms with van der Waals surface area (Å²) in [7, 11) is 2.15. The molecule has 0 radical (unpaired) electrons. The number of rotatable bonds is 1. The summed E-state index contributed by atoms with van der Waals surface area (Å²) in [5, 5.41) is 0. The largest absolute Gasteiger partial charge is 0.453 e. The number of likely N-dealkylation sites (N-methyl/N-ethyl adjacent to an activating group) is 1. The molecule has 0 N–H and O–H groups in total. The van der Waals surface area contributed by atoms with E-state index in [0.717, 1.165) is 44.9 Å². The van der Waals surface area contributed by atoms with E-state index in [-0.39, 0.29) is 0 Å². The monoisotopic (exact) mass is 408 g/mol. The highest BCUT2D eigenvalue weighted by Crippen LogP contribution is 2.49. The molecule has 4 rings (SSSR count). The number of hydrogen-bond donors (Lipinski definition) is 0. The minimum Gasteiger partial charge on any atom is -0.453 e. The first-order chi connectivity index (χ1) is 10.1. The predicted octanol–water partition coefficient (Wildman–Crippen LogP) is 4.77. The van der Waals surface area contributed by atoms with E-state index in [1.54, 1.807) is 0 Å². The molecule has 1 fully saturated rings. The summed E-state index contributed by atoms with van der Waals surface area (Å²) in [6.45, 7) is 2.15. The predicted molar refractivity (Wildman–Crippen MR) is 91.8 cm³/mol. The summed E-state index contributed by atoms with van der Waals surface area (Å²) in [5.74, 6) is 1.81. The Morgan fingerprint density at radius 1 is 0.952 bits per heavy atom. The fourth-order valence-corrected chi connectivity index (χ4v) is 3.69. The van der Waals surface area contributed by atoms with Gasteiger partial charge in [0.15, 0.2) is 11.5 Å². The topological polar surface area (TPSA) is 15.7 Å². The van der Waals surface area contributed by atoms with Crippen molar-refractivity contribution in [3.8, 4) is 11.5 Å². The van der Waals surface area contributed by atoms with Gasteiger partial charge in [-0.25, -0.2) is 0 Å². The first-order valence-corrected chi connectivity index (χ1v) is 8.45. The Morgan fingerprint density at radius 3 is 1.95 bits per heavy atom. The Labute approximate surface area is 140 Å². The van der Waals surface area contributed by atoms with Crippen molar-refractivity contribution in [1.82, 2.24) is 4.90 Å². The van der Waals surface area contributed by atoms with Crippen molar-refractivity contribution in [2.75, 3.05) is 25.0 Å². The van der Waals surface area contributed by atoms with Gasteiger partial charge in [-0.15, -0.1) is 0 Å². The number of anilines is 2. The summed E-state index contributed by atoms with van der Waals surface area (Å²) in [5.41, 5.74) is 2.29. The molecule has 5 heteroatoms. The van der Waals surface area contributed by atoms with Crippen molar-refractivity contribution >= 4 is 43.2 Å². The Hall–Kier alpha value is -1.04. The molecular formula is C16H14Br2N2O. The smallest absolute Gasteiger partial charge is 0.152 e. The van der Waals surface area contributed by atoms with Crippen LogP contribution in [0, 0.1) is 0 Å². The zero-order chi connectivity index (χ0) is 14.6. The summed E-state index contributed by atoms with van der Waals surface area (Å²) in [4.78, 5) is 4.74. The van der Waals surface area contributed by atoms with Gasteiger partial charge in [-0.3, -0.25) is 0 Å². The normalized spacial score (nSPS) is 17.8. The van der Waals surface area contributed by atoms with Gasteiger partial charge in [-0.1, -0.05) is 31.9 Å². The minimum atomic E-state index is 0.499. The van der Waals surface area contributed by atoms with Crippen molar-refractivity contribution < 1.29 is 4.74 Å². The Morgan fingerprint density at radius 2 is 1.48 bits per heavy atom. The second-order valence-corrected chi connectivity index (χ2v) is 7.40. The third-order valence-corrected chi connectivity index (χ3v) is 4.98. The van der Waals surface area contributed by atoms with Gasteiger partial charge in [0.25, 0.3) is 0 Å². The third kappa shape index (κ3) is 2.28. The molecule has 0 saturated carbocycles. The van der Waals surface area contributed by atoms with Gasteiger partial charge in [0.1, 0.15) is 0 Å². The zero-order valence-electron chi connectivity index (χ0n) is 11.5. The van der Waals surface area contributed by atoms with Crippen molar-refractivity contribution in [2.45, 2.75) is 6.04 Å². The Bertz CT molecular complexity index is 662. The number of ether oxygens (including phenoxy) is 1. The highest BCUT2D eigenvalue weighted by Gasteiger charge is 2.35. The first kappa shape index (κ1) is 13.6. The van der Waals surface area contributed by atoms with Crippen molar-refractivity contribution in [3.63, 3.8) is 0 Å². The maximum absolute atomic E-state index is 6.10. The summed E-state index contributed by atoms with van der Waals surface area (Å²) >= 11 is 7.05. The molecule has 0 unspecified atom stereocenters. The maximum atomic E-state index is 6.10. The van der Waals surface area contributed by atoms with E-state index >= 15 is 0 Å². The first-order valence-electron chi connectivity index (χ1n) is 6.86. The molecule has 0 aliphatic carbocycles. The SMILES string of the molecule is CN1CC(N2c3ccc(Br)cc3Oc3cc(Br)ccc32)C1. The van der Waals surface area contributed by atoms with Crippen LogP contribution in [0.5, 0.6) is 11.5 Å². The molecule has 108 valence electrons. The molecule has 2 aliphatic rings. The van der Waals surface area contributed by atoms with E-state index in [1.165, 1.54) is 0 Å². The van der Waals surface area contributed by atoms with Crippen LogP contribution in [0.15, 0.2) is 45.3 Å². The second-order valence-electron chi connectivity index (χ2n) is 5.57. The highest BCUT2D eigenvalue weighted by molar-refractivity contribution is 9.10. The molecule has 3 nitrogen and oxygen atoms in total. The molecule has 0 atom stereocenters. The number of halogens is 2. The van der Waals surface area contributed by atoms with Crippen molar-refractivity contribution in [3.05, 3.63) is 45.3 Å². The van der Waals surface area contributed by atoms with E-state index in [0.29, 0.717) is 6.04 Å². The van der Waals surface area contributed by atoms with Crippen LogP contribution >= 0.6 is 31.9 Å². The molecule has 0 aromatic heterocycles. The number of fused-ring (bicyclic) bond motifs is 2. The van der Waals surface area contributed by atoms with E-state index in [4.69, 9.17) is 4.74 Å². The van der Waals surface area contributed by atoms with Crippen LogP contribution in [0.2, 0.25) is 0 Å². The molecule has 0 amide bonds. The van der Waals surface area contributed by atoms with Crippen LogP contribution < -0.4 is 9.64 Å². The van der Waals surface area contributed by atoms with Crippen LogP contribution in [0.1, 0.15) is 0 Å². The molecular weight excluding hydrogens is 396 g/mol. The molecule has 0 bridgehead atoms. The summed E-state index contributed by atoms with van der Waals surface area (Å²) in [6, 6.07) is 13.0. The molecule has 2 aliphatic heterocycles. The van der Waals surface area contributed by atoms with Gasteiger partial charge in [0.05, 0.1) is 17.4 Å². The van der Waals surface area contributed by atoms with Crippen LogP contribution in [0.25, 0.3) is 0 Å². The quantitative estimate of drug-likeness (QED) is 0.674. The number of benzene rings is 2. The Balaban J connectivity index is 1.85. The molecule has 0 spiro atoms. The lowest BCUT2D eigenvalue weighted by Crippen LogP contribution is -2.56. The lowest BCUT2D eigenvalue weighted by Gasteiger charge is -2.46. The second kappa shape index (κ2) is 5.00. The number of likely N-dealkylation sites (tertiary alicyclic amines) is 1. The van der Waals surface area contributed by atoms with Crippen LogP contribution in [-0.4, -0.2) is 31.1 Å². The molecule has 2 heterocycles. The Kier molecular flexibility index (Phi) is 3.24. The van der Waals surface area contributed by atoms with Gasteiger partial charge in [-0.2, -0.15) is 0 Å². The van der Waals surface area contributed by atoms with Gasteiger partial charge >= 0.3 is 0 Å². The summed E-state index contributed by atoms with van der Waals surface area (Å²) in [6.07, 6.45) is 0. The van der Waals surface area contributed by atoms with Crippen molar-refractivity contribution in [2.24, 2.45) is 0 Å². The third-order valence-electron chi connectivity index (χ3n) is 3.99. The van der Waals surface area contributed by atoms with Gasteiger partial charge < -0.3 is 14.5 Å². The average Bonchev–Trinajstić information content (AvgIpc) is 2.41. The molecule has 1 saturated heterocycles. The standard InChI is InChI=1S/C16H14Br2N2O/c1-19-8-12(9-19)20-13-4-2-10(17)6-15(13)21-16-7-11(18)3-5-14(16)20/h2-7,12H,8-9H2,1H3. The van der Waals surface area contributed by atoms with E-state index in [9.17, 15) is 0 Å². The van der Waals surface area contributed by atoms with Gasteiger partial charge in [0, 0.05) is 22.0 Å². The lowest BCUT2D eigenvalue weighted by atomic mass is 10.0. The van der Waals surface area contributed by atoms with Gasteiger partial charge in [-0.05, 0) is 43.4 Å². The number of hydrogen-bond acceptors (Lipinski definition) is 3. The number of nitrogens with zero attached hydrogens (tertiary/aromatic N) is 2. The highest BCUT2D eigenvalue weighted by atomic mass is 79.9. The fourth-order valence-electron chi connectivity index (χ4n) is 3.01. The summed E-state index contributed by atoms with van der Waals surface area (Å²) < 4.78 is 8.17. The van der Waals surface area contributed by atoms with Crippen LogP contribution in [-0.2, 0) is 0 Å². The van der Waals surface area contributed by atoms with E-state index < -0.39 is 0 Å². The minimum absolute atomic E-state index is 0.499. The van der Waals surface area contributed by atoms with E-state index in [2.05, 4.69) is 73.0 Å². The van der Waals surface area contributed by atoms with Crippen LogP contribution in [0.3, 0.4) is 0 Å². The van der Waals surface area contributed by atoms with Crippen LogP contribution in [0.4, 0.5) is 11.4 Å². The zero-order valence-corrected chi connectivity index (χ0v) is 14.7. The molecule has 21 heavy (non-hydrogen) atoms. The maximum Gasteiger partial charge on any atom is 0.152 e. The average molecular weight is 410 g/mol. The van der Waals surface area contributed by atoms with E-state index in [1.807, 2.05) is 12.1 Å². The molecule has 2 aromatic carbocycles. The molecule has 2 aromatic rings. The fraction of sp³-hybridized carbons (Fsp3) is 0.250. The van der Waals surface area contributed by atoms with Gasteiger partial charge in [0.2, 0.25) is 0 Å². The van der Waals surface area contributed by atoms with Crippen molar-refractivity contribution in [1.29, 1.82) is 0 Å². The lowest BCUT2D eigenvalue weighted by molar-refractivity contribution is 0.189.